The van der Waals surface area contributed by atoms with Gasteiger partial charge in [-0.3, -0.25) is 10.1 Å². The largest absolute Gasteiger partial charge is 0.347 e. The highest BCUT2D eigenvalue weighted by molar-refractivity contribution is 7.89. The van der Waals surface area contributed by atoms with Crippen LogP contribution in [0.1, 0.15) is 25.7 Å². The second-order valence-corrected chi connectivity index (χ2v) is 7.54. The van der Waals surface area contributed by atoms with Crippen LogP contribution in [0.25, 0.3) is 0 Å². The van der Waals surface area contributed by atoms with E-state index in [9.17, 15) is 18.5 Å². The molecule has 2 fully saturated rings. The molecule has 1 aliphatic heterocycles. The Morgan fingerprint density at radius 2 is 1.91 bits per heavy atom. The van der Waals surface area contributed by atoms with Gasteiger partial charge in [-0.05, 0) is 25.0 Å². The zero-order valence-electron chi connectivity index (χ0n) is 12.4. The van der Waals surface area contributed by atoms with Gasteiger partial charge in [0, 0.05) is 31.5 Å². The van der Waals surface area contributed by atoms with Crippen LogP contribution in [0.15, 0.2) is 29.2 Å². The first kappa shape index (κ1) is 16.3. The van der Waals surface area contributed by atoms with E-state index in [1.54, 1.807) is 0 Å². The summed E-state index contributed by atoms with van der Waals surface area (Å²) in [5, 5.41) is 10.6. The van der Waals surface area contributed by atoms with Crippen LogP contribution in [0.3, 0.4) is 0 Å². The lowest BCUT2D eigenvalue weighted by Gasteiger charge is -2.21. The van der Waals surface area contributed by atoms with E-state index in [2.05, 4.69) is 4.72 Å². The van der Waals surface area contributed by atoms with Crippen molar-refractivity contribution in [2.24, 2.45) is 0 Å². The molecule has 9 heteroatoms. The van der Waals surface area contributed by atoms with E-state index in [1.165, 1.54) is 12.1 Å². The quantitative estimate of drug-likeness (QED) is 0.642. The predicted molar refractivity (Wildman–Crippen MR) is 80.3 cm³/mol. The molecule has 0 bridgehead atoms. The lowest BCUT2D eigenvalue weighted by atomic mass is 10.2. The highest BCUT2D eigenvalue weighted by Gasteiger charge is 2.43. The molecule has 1 aromatic carbocycles. The predicted octanol–water partition coefficient (Wildman–Crippen LogP) is 1.56. The Bertz CT molecular complexity index is 682. The Labute approximate surface area is 134 Å². The second kappa shape index (κ2) is 6.16. The first-order chi connectivity index (χ1) is 10.9. The molecule has 1 atom stereocenters. The molecule has 1 saturated heterocycles. The van der Waals surface area contributed by atoms with Crippen LogP contribution < -0.4 is 4.72 Å². The van der Waals surface area contributed by atoms with Crippen molar-refractivity contribution >= 4 is 15.7 Å². The molecular weight excluding hydrogens is 324 g/mol. The second-order valence-electron chi connectivity index (χ2n) is 5.77. The van der Waals surface area contributed by atoms with E-state index in [0.717, 1.165) is 37.8 Å². The number of ether oxygens (including phenoxy) is 2. The van der Waals surface area contributed by atoms with Gasteiger partial charge in [-0.1, -0.05) is 0 Å². The molecule has 0 unspecified atom stereocenters. The van der Waals surface area contributed by atoms with Crippen LogP contribution in [0.2, 0.25) is 0 Å². The molecule has 1 spiro atoms. The van der Waals surface area contributed by atoms with Crippen LogP contribution in [-0.2, 0) is 19.5 Å². The fourth-order valence-corrected chi connectivity index (χ4v) is 3.99. The normalized spacial score (nSPS) is 23.4. The average Bonchev–Trinajstić information content (AvgIpc) is 3.16. The Morgan fingerprint density at radius 1 is 1.26 bits per heavy atom. The summed E-state index contributed by atoms with van der Waals surface area (Å²) in [4.78, 5) is 10.0. The number of hydrogen-bond donors (Lipinski definition) is 1. The monoisotopic (exact) mass is 342 g/mol. The molecule has 1 aromatic rings. The fourth-order valence-electron chi connectivity index (χ4n) is 2.93. The van der Waals surface area contributed by atoms with Crippen molar-refractivity contribution in [2.75, 3.05) is 13.2 Å². The maximum atomic E-state index is 12.2. The van der Waals surface area contributed by atoms with Crippen LogP contribution in [0.4, 0.5) is 5.69 Å². The zero-order valence-corrected chi connectivity index (χ0v) is 13.3. The van der Waals surface area contributed by atoms with Crippen molar-refractivity contribution in [3.05, 3.63) is 34.4 Å². The Hall–Kier alpha value is -1.55. The Kier molecular flexibility index (Phi) is 4.37. The topological polar surface area (TPSA) is 108 Å². The van der Waals surface area contributed by atoms with Crippen molar-refractivity contribution in [3.8, 4) is 0 Å². The maximum Gasteiger partial charge on any atom is 0.269 e. The SMILES string of the molecule is O=[N+]([O-])c1ccc(S(=O)(=O)NC[C@H]2COC3(CCCC3)O2)cc1. The van der Waals surface area contributed by atoms with Crippen molar-refractivity contribution < 1.29 is 22.8 Å². The van der Waals surface area contributed by atoms with Crippen molar-refractivity contribution in [1.82, 2.24) is 4.72 Å². The van der Waals surface area contributed by atoms with Crippen LogP contribution in [0.5, 0.6) is 0 Å². The average molecular weight is 342 g/mol. The third-order valence-electron chi connectivity index (χ3n) is 4.14. The lowest BCUT2D eigenvalue weighted by molar-refractivity contribution is -0.384. The summed E-state index contributed by atoms with van der Waals surface area (Å²) in [5.41, 5.74) is -0.153. The van der Waals surface area contributed by atoms with Gasteiger partial charge in [0.05, 0.1) is 22.5 Å². The van der Waals surface area contributed by atoms with Crippen LogP contribution in [-0.4, -0.2) is 38.4 Å². The summed E-state index contributed by atoms with van der Waals surface area (Å²) >= 11 is 0. The van der Waals surface area contributed by atoms with Gasteiger partial charge in [-0.25, -0.2) is 13.1 Å². The van der Waals surface area contributed by atoms with E-state index in [4.69, 9.17) is 9.47 Å². The van der Waals surface area contributed by atoms with Gasteiger partial charge >= 0.3 is 0 Å². The number of sulfonamides is 1. The number of non-ortho nitro benzene ring substituents is 1. The van der Waals surface area contributed by atoms with Gasteiger partial charge in [-0.2, -0.15) is 0 Å². The van der Waals surface area contributed by atoms with Gasteiger partial charge in [0.1, 0.15) is 0 Å². The third-order valence-corrected chi connectivity index (χ3v) is 5.58. The number of nitrogens with zero attached hydrogens (tertiary/aromatic N) is 1. The number of nitro benzene ring substituents is 1. The van der Waals surface area contributed by atoms with Gasteiger partial charge in [0.25, 0.3) is 5.69 Å². The third kappa shape index (κ3) is 3.52. The zero-order chi connectivity index (χ0) is 16.5. The first-order valence-electron chi connectivity index (χ1n) is 7.46. The molecule has 23 heavy (non-hydrogen) atoms. The molecule has 1 saturated carbocycles. The molecule has 1 N–H and O–H groups in total. The van der Waals surface area contributed by atoms with Crippen LogP contribution in [0, 0.1) is 10.1 Å². The van der Waals surface area contributed by atoms with Gasteiger partial charge < -0.3 is 9.47 Å². The van der Waals surface area contributed by atoms with Gasteiger partial charge in [0.2, 0.25) is 10.0 Å². The number of nitro groups is 1. The fraction of sp³-hybridized carbons (Fsp3) is 0.571. The smallest absolute Gasteiger partial charge is 0.269 e. The Morgan fingerprint density at radius 3 is 2.52 bits per heavy atom. The molecule has 1 heterocycles. The molecule has 2 aliphatic rings. The molecule has 3 rings (SSSR count). The highest BCUT2D eigenvalue weighted by atomic mass is 32.2. The molecule has 1 aliphatic carbocycles. The van der Waals surface area contributed by atoms with E-state index in [1.807, 2.05) is 0 Å². The van der Waals surface area contributed by atoms with E-state index in [0.29, 0.717) is 6.61 Å². The van der Waals surface area contributed by atoms with Crippen molar-refractivity contribution in [1.29, 1.82) is 0 Å². The summed E-state index contributed by atoms with van der Waals surface area (Å²) in [5.74, 6) is -0.524. The number of hydrogen-bond acceptors (Lipinski definition) is 6. The van der Waals surface area contributed by atoms with Crippen molar-refractivity contribution in [3.63, 3.8) is 0 Å². The summed E-state index contributed by atoms with van der Waals surface area (Å²) in [6.45, 7) is 0.476. The molecule has 0 radical (unpaired) electrons. The molecule has 0 amide bonds. The number of rotatable bonds is 5. The number of nitrogens with one attached hydrogen (secondary N) is 1. The molecular formula is C14H18N2O6S. The maximum absolute atomic E-state index is 12.2. The van der Waals surface area contributed by atoms with Gasteiger partial charge in [0.15, 0.2) is 5.79 Å². The minimum atomic E-state index is -3.73. The molecule has 0 aromatic heterocycles. The minimum absolute atomic E-state index is 0.0161. The summed E-state index contributed by atoms with van der Waals surface area (Å²) in [6.07, 6.45) is 3.49. The molecule has 126 valence electrons. The highest BCUT2D eigenvalue weighted by Crippen LogP contribution is 2.39. The Balaban J connectivity index is 1.59. The van der Waals surface area contributed by atoms with E-state index >= 15 is 0 Å². The molecule has 8 nitrogen and oxygen atoms in total. The summed E-state index contributed by atoms with van der Waals surface area (Å²) < 4.78 is 38.4. The minimum Gasteiger partial charge on any atom is -0.347 e. The standard InChI is InChI=1S/C14H18N2O6S/c17-16(18)11-3-5-13(6-4-11)23(19,20)15-9-12-10-21-14(22-12)7-1-2-8-14/h3-6,12,15H,1-2,7-10H2/t12-/m0/s1. The first-order valence-corrected chi connectivity index (χ1v) is 8.94. The number of benzene rings is 1. The summed E-state index contributed by atoms with van der Waals surface area (Å²) in [7, 11) is -3.73. The lowest BCUT2D eigenvalue weighted by Crippen LogP contribution is -2.35. The van der Waals surface area contributed by atoms with Crippen molar-refractivity contribution in [2.45, 2.75) is 42.5 Å². The summed E-state index contributed by atoms with van der Waals surface area (Å²) in [6, 6.07) is 4.75. The van der Waals surface area contributed by atoms with Gasteiger partial charge in [-0.15, -0.1) is 0 Å². The van der Waals surface area contributed by atoms with Crippen LogP contribution >= 0.6 is 0 Å². The van der Waals surface area contributed by atoms with E-state index < -0.39 is 20.7 Å². The van der Waals surface area contributed by atoms with E-state index in [-0.39, 0.29) is 23.2 Å².